The molecule has 0 aliphatic carbocycles. The summed E-state index contributed by atoms with van der Waals surface area (Å²) in [5.41, 5.74) is 6.17. The smallest absolute Gasteiger partial charge is 0.211 e. The van der Waals surface area contributed by atoms with Gasteiger partial charge in [0, 0.05) is 23.4 Å². The number of aromatic nitrogens is 1. The maximum atomic E-state index is 10.8. The second-order valence-electron chi connectivity index (χ2n) is 6.54. The van der Waals surface area contributed by atoms with Crippen LogP contribution in [0.4, 0.5) is 11.4 Å². The molecule has 4 nitrogen and oxygen atoms in total. The number of para-hydroxylation sites is 1. The van der Waals surface area contributed by atoms with Gasteiger partial charge in [0.15, 0.2) is 4.80 Å². The molecule has 1 aromatic heterocycles. The molecule has 0 saturated carbocycles. The van der Waals surface area contributed by atoms with Crippen LogP contribution in [0.1, 0.15) is 29.9 Å². The van der Waals surface area contributed by atoms with Gasteiger partial charge in [-0.15, -0.1) is 0 Å². The van der Waals surface area contributed by atoms with Crippen molar-refractivity contribution in [3.63, 3.8) is 0 Å². The van der Waals surface area contributed by atoms with Gasteiger partial charge < -0.3 is 5.11 Å². The number of hydrogen-bond acceptors (Lipinski definition) is 4. The van der Waals surface area contributed by atoms with E-state index >= 15 is 0 Å². The third kappa shape index (κ3) is 3.26. The minimum atomic E-state index is 0.248. The van der Waals surface area contributed by atoms with Crippen molar-refractivity contribution in [1.29, 1.82) is 0 Å². The first-order chi connectivity index (χ1) is 13.1. The van der Waals surface area contributed by atoms with Crippen molar-refractivity contribution >= 4 is 40.1 Å². The van der Waals surface area contributed by atoms with Crippen LogP contribution in [0.25, 0.3) is 11.6 Å². The van der Waals surface area contributed by atoms with E-state index in [9.17, 15) is 5.11 Å². The summed E-state index contributed by atoms with van der Waals surface area (Å²) in [7, 11) is 0. The average molecular weight is 375 g/mol. The summed E-state index contributed by atoms with van der Waals surface area (Å²) < 4.78 is 1.84. The molecular formula is C22H21N3OS. The first-order valence-electron chi connectivity index (χ1n) is 8.97. The maximum absolute atomic E-state index is 10.8. The molecule has 0 unspecified atom stereocenters. The van der Waals surface area contributed by atoms with Crippen molar-refractivity contribution in [3.8, 4) is 5.88 Å². The molecule has 5 heteroatoms. The van der Waals surface area contributed by atoms with Crippen LogP contribution in [0.5, 0.6) is 5.88 Å². The largest absolute Gasteiger partial charge is 0.493 e. The van der Waals surface area contributed by atoms with Crippen molar-refractivity contribution in [2.75, 3.05) is 0 Å². The van der Waals surface area contributed by atoms with Gasteiger partial charge in [0.1, 0.15) is 0 Å². The van der Waals surface area contributed by atoms with Crippen molar-refractivity contribution < 1.29 is 5.11 Å². The number of nitrogens with zero attached hydrogens (tertiary/aromatic N) is 3. The fourth-order valence-electron chi connectivity index (χ4n) is 3.16. The molecule has 2 heterocycles. The summed E-state index contributed by atoms with van der Waals surface area (Å²) in [5, 5.41) is 10.8. The van der Waals surface area contributed by atoms with Gasteiger partial charge in [0.05, 0.1) is 16.3 Å². The zero-order valence-corrected chi connectivity index (χ0v) is 16.4. The summed E-state index contributed by atoms with van der Waals surface area (Å²) in [6, 6.07) is 16.2. The van der Waals surface area contributed by atoms with Crippen LogP contribution in [0.2, 0.25) is 0 Å². The number of benzene rings is 2. The number of aryl methyl sites for hydroxylation is 1. The average Bonchev–Trinajstić information content (AvgIpc) is 3.14. The first kappa shape index (κ1) is 17.5. The van der Waals surface area contributed by atoms with E-state index in [-0.39, 0.29) is 5.88 Å². The van der Waals surface area contributed by atoms with Crippen LogP contribution in [0.15, 0.2) is 58.5 Å². The Hall–Kier alpha value is -2.92. The second kappa shape index (κ2) is 7.00. The van der Waals surface area contributed by atoms with E-state index in [0.29, 0.717) is 6.54 Å². The Labute approximate surface area is 162 Å². The molecule has 0 fully saturated rings. The topological polar surface area (TPSA) is 49.9 Å². The summed E-state index contributed by atoms with van der Waals surface area (Å²) in [6.07, 6.45) is 2.02. The molecule has 0 saturated heterocycles. The Morgan fingerprint density at radius 2 is 1.85 bits per heavy atom. The third-order valence-corrected chi connectivity index (χ3v) is 5.65. The van der Waals surface area contributed by atoms with E-state index in [0.717, 1.165) is 37.9 Å². The number of rotatable bonds is 3. The maximum Gasteiger partial charge on any atom is 0.211 e. The van der Waals surface area contributed by atoms with Crippen LogP contribution >= 0.6 is 11.3 Å². The van der Waals surface area contributed by atoms with Gasteiger partial charge in [-0.2, -0.15) is 0 Å². The van der Waals surface area contributed by atoms with E-state index in [4.69, 9.17) is 4.99 Å². The quantitative estimate of drug-likeness (QED) is 0.649. The van der Waals surface area contributed by atoms with Crippen LogP contribution in [0.3, 0.4) is 0 Å². The Balaban J connectivity index is 1.83. The first-order valence-corrected chi connectivity index (χ1v) is 9.79. The number of aliphatic imine (C=N–C) groups is 1. The molecule has 0 amide bonds. The lowest BCUT2D eigenvalue weighted by Crippen LogP contribution is -2.12. The fourth-order valence-corrected chi connectivity index (χ4v) is 4.21. The number of hydrogen-bond donors (Lipinski definition) is 1. The van der Waals surface area contributed by atoms with Crippen molar-refractivity contribution in [3.05, 3.63) is 69.3 Å². The molecule has 1 N–H and O–H groups in total. The van der Waals surface area contributed by atoms with Crippen molar-refractivity contribution in [2.45, 2.75) is 27.3 Å². The molecule has 0 atom stereocenters. The molecule has 0 radical (unpaired) electrons. The van der Waals surface area contributed by atoms with Crippen molar-refractivity contribution in [2.24, 2.45) is 9.98 Å². The standard InChI is InChI=1S/C22H21N3OS/c1-4-25-21(26)20(27-22(25)24-16-11-9-14(2)10-12-16)13-18-15(3)23-19-8-6-5-7-17(18)19/h5-13,26H,4H2,1-3H3/b18-13-,24-22?. The van der Waals surface area contributed by atoms with Gasteiger partial charge in [-0.1, -0.05) is 47.2 Å². The molecule has 0 spiro atoms. The molecule has 1 aliphatic rings. The van der Waals surface area contributed by atoms with Crippen LogP contribution in [-0.4, -0.2) is 15.4 Å². The highest BCUT2D eigenvalue weighted by Gasteiger charge is 2.19. The van der Waals surface area contributed by atoms with Gasteiger partial charge in [0.25, 0.3) is 0 Å². The van der Waals surface area contributed by atoms with E-state index in [2.05, 4.69) is 18.0 Å². The number of aromatic hydroxyl groups is 1. The number of fused-ring (bicyclic) bond motifs is 1. The van der Waals surface area contributed by atoms with Crippen LogP contribution in [-0.2, 0) is 6.54 Å². The monoisotopic (exact) mass is 375 g/mol. The summed E-state index contributed by atoms with van der Waals surface area (Å²) >= 11 is 1.49. The summed E-state index contributed by atoms with van der Waals surface area (Å²) in [6.45, 7) is 6.72. The number of thiazole rings is 1. The molecule has 0 bridgehead atoms. The lowest BCUT2D eigenvalue weighted by Gasteiger charge is -2.02. The minimum Gasteiger partial charge on any atom is -0.493 e. The number of allylic oxidation sites excluding steroid dienone is 1. The fraction of sp³-hybridized carbons (Fsp3) is 0.182. The highest BCUT2D eigenvalue weighted by atomic mass is 32.1. The van der Waals surface area contributed by atoms with Crippen LogP contribution < -0.4 is 4.80 Å². The lowest BCUT2D eigenvalue weighted by molar-refractivity contribution is 0.416. The van der Waals surface area contributed by atoms with E-state index < -0.39 is 0 Å². The molecular weight excluding hydrogens is 354 g/mol. The molecule has 27 heavy (non-hydrogen) atoms. The molecule has 2 aromatic carbocycles. The highest BCUT2D eigenvalue weighted by molar-refractivity contribution is 7.10. The van der Waals surface area contributed by atoms with Gasteiger partial charge >= 0.3 is 0 Å². The summed E-state index contributed by atoms with van der Waals surface area (Å²) in [5.74, 6) is 0.248. The Morgan fingerprint density at radius 1 is 1.11 bits per heavy atom. The van der Waals surface area contributed by atoms with Gasteiger partial charge in [0.2, 0.25) is 5.88 Å². The molecule has 1 aliphatic heterocycles. The highest BCUT2D eigenvalue weighted by Crippen LogP contribution is 2.37. The third-order valence-electron chi connectivity index (χ3n) is 4.63. The Bertz CT molecular complexity index is 1130. The van der Waals surface area contributed by atoms with Crippen LogP contribution in [0, 0.1) is 6.92 Å². The van der Waals surface area contributed by atoms with E-state index in [1.165, 1.54) is 16.9 Å². The molecule has 3 aromatic rings. The normalized spacial score (nSPS) is 15.3. The Kier molecular flexibility index (Phi) is 4.54. The SMILES string of the molecule is CCn1c(O)c(/C=C2/C(C)=Nc3ccccc32)sc1=Nc1ccc(C)cc1. The summed E-state index contributed by atoms with van der Waals surface area (Å²) in [4.78, 5) is 10.9. The zero-order valence-electron chi connectivity index (χ0n) is 15.6. The van der Waals surface area contributed by atoms with Crippen molar-refractivity contribution in [1.82, 2.24) is 4.57 Å². The van der Waals surface area contributed by atoms with Gasteiger partial charge in [-0.05, 0) is 45.0 Å². The predicted molar refractivity (Wildman–Crippen MR) is 113 cm³/mol. The second-order valence-corrected chi connectivity index (χ2v) is 7.55. The van der Waals surface area contributed by atoms with Gasteiger partial charge in [-0.3, -0.25) is 9.56 Å². The van der Waals surface area contributed by atoms with E-state index in [1.54, 1.807) is 0 Å². The molecule has 136 valence electrons. The predicted octanol–water partition coefficient (Wildman–Crippen LogP) is 5.46. The van der Waals surface area contributed by atoms with Gasteiger partial charge in [-0.25, -0.2) is 4.99 Å². The Morgan fingerprint density at radius 3 is 2.59 bits per heavy atom. The molecule has 4 rings (SSSR count). The van der Waals surface area contributed by atoms with E-state index in [1.807, 2.05) is 67.0 Å². The lowest BCUT2D eigenvalue weighted by atomic mass is 10.0. The minimum absolute atomic E-state index is 0.248. The zero-order chi connectivity index (χ0) is 19.0.